The third kappa shape index (κ3) is 2.72. The van der Waals surface area contributed by atoms with Crippen molar-refractivity contribution in [2.45, 2.75) is 18.1 Å². The lowest BCUT2D eigenvalue weighted by Gasteiger charge is -2.06. The topological polar surface area (TPSA) is 71.8 Å². The Morgan fingerprint density at radius 2 is 2.12 bits per heavy atom. The predicted molar refractivity (Wildman–Crippen MR) is 87.3 cm³/mol. The van der Waals surface area contributed by atoms with Gasteiger partial charge in [0, 0.05) is 6.20 Å². The summed E-state index contributed by atoms with van der Waals surface area (Å²) in [4.78, 5) is 16.0. The molecule has 0 aliphatic carbocycles. The number of fused-ring (bicyclic) bond motifs is 2. The van der Waals surface area contributed by atoms with Crippen molar-refractivity contribution in [2.75, 3.05) is 5.75 Å². The summed E-state index contributed by atoms with van der Waals surface area (Å²) in [6, 6.07) is 4.57. The molecule has 25 heavy (non-hydrogen) atoms. The number of rotatable bonds is 3. The van der Waals surface area contributed by atoms with Gasteiger partial charge in [0.05, 0.1) is 17.3 Å². The van der Waals surface area contributed by atoms with Crippen LogP contribution < -0.4 is 0 Å². The Morgan fingerprint density at radius 1 is 1.28 bits per heavy atom. The number of alkyl halides is 3. The Kier molecular flexibility index (Phi) is 3.64. The van der Waals surface area contributed by atoms with E-state index in [4.69, 9.17) is 0 Å². The average Bonchev–Trinajstić information content (AvgIpc) is 3.15. The predicted octanol–water partition coefficient (Wildman–Crippen LogP) is 3.80. The van der Waals surface area contributed by atoms with E-state index in [0.717, 1.165) is 17.8 Å². The third-order valence-electron chi connectivity index (χ3n) is 3.53. The molecule has 0 saturated heterocycles. The minimum atomic E-state index is -4.47. The van der Waals surface area contributed by atoms with Gasteiger partial charge >= 0.3 is 6.18 Å². The first-order chi connectivity index (χ1) is 12.0. The van der Waals surface area contributed by atoms with Crippen molar-refractivity contribution in [3.05, 3.63) is 36.2 Å². The number of nitrogens with one attached hydrogen (secondary N) is 1. The molecule has 4 aromatic heterocycles. The standard InChI is InChI=1S/C15H11F3N6S/c1-2-25-14-11(13-21-9-4-3-5-19-12(9)23-13)22-10-6-8(15(16,17)18)7-20-24(10)14/h3-7H,2H2,1H3,(H,19,21,23). The summed E-state index contributed by atoms with van der Waals surface area (Å²) in [6.45, 7) is 1.94. The van der Waals surface area contributed by atoms with Crippen LogP contribution >= 0.6 is 11.8 Å². The minimum Gasteiger partial charge on any atom is -0.335 e. The molecule has 4 heterocycles. The summed E-state index contributed by atoms with van der Waals surface area (Å²) < 4.78 is 40.2. The van der Waals surface area contributed by atoms with Gasteiger partial charge in [0.15, 0.2) is 17.1 Å². The van der Waals surface area contributed by atoms with Gasteiger partial charge in [-0.25, -0.2) is 19.5 Å². The fraction of sp³-hybridized carbons (Fsp3) is 0.200. The molecule has 0 radical (unpaired) electrons. The first-order valence-electron chi connectivity index (χ1n) is 7.37. The first-order valence-corrected chi connectivity index (χ1v) is 8.36. The monoisotopic (exact) mass is 364 g/mol. The Hall–Kier alpha value is -2.62. The minimum absolute atomic E-state index is 0.120. The Balaban J connectivity index is 1.93. The number of aromatic amines is 1. The van der Waals surface area contributed by atoms with Gasteiger partial charge in [-0.2, -0.15) is 18.3 Å². The summed E-state index contributed by atoms with van der Waals surface area (Å²) in [5, 5.41) is 4.55. The number of pyridine rings is 1. The maximum Gasteiger partial charge on any atom is 0.418 e. The van der Waals surface area contributed by atoms with Crippen LogP contribution in [-0.4, -0.2) is 35.3 Å². The SMILES string of the molecule is CCSc1c(-c2nc3ncccc3[nH]2)nc2cc(C(F)(F)F)cnn12. The van der Waals surface area contributed by atoms with Gasteiger partial charge in [0.2, 0.25) is 0 Å². The van der Waals surface area contributed by atoms with Crippen LogP contribution in [0.4, 0.5) is 13.2 Å². The van der Waals surface area contributed by atoms with E-state index >= 15 is 0 Å². The molecule has 0 amide bonds. The second kappa shape index (κ2) is 5.73. The zero-order chi connectivity index (χ0) is 17.6. The van der Waals surface area contributed by atoms with E-state index in [2.05, 4.69) is 25.0 Å². The van der Waals surface area contributed by atoms with Gasteiger partial charge in [-0.05, 0) is 24.0 Å². The molecule has 1 N–H and O–H groups in total. The number of aromatic nitrogens is 6. The first kappa shape index (κ1) is 15.9. The number of nitrogens with zero attached hydrogens (tertiary/aromatic N) is 5. The highest BCUT2D eigenvalue weighted by Gasteiger charge is 2.32. The van der Waals surface area contributed by atoms with E-state index in [9.17, 15) is 13.2 Å². The van der Waals surface area contributed by atoms with Crippen molar-refractivity contribution in [2.24, 2.45) is 0 Å². The fourth-order valence-electron chi connectivity index (χ4n) is 2.45. The summed E-state index contributed by atoms with van der Waals surface area (Å²) in [7, 11) is 0. The van der Waals surface area contributed by atoms with E-state index in [1.54, 1.807) is 12.3 Å². The highest BCUT2D eigenvalue weighted by Crippen LogP contribution is 2.33. The molecule has 128 valence electrons. The Morgan fingerprint density at radius 3 is 2.84 bits per heavy atom. The Bertz CT molecular complexity index is 1040. The van der Waals surface area contributed by atoms with Gasteiger partial charge in [-0.1, -0.05) is 6.92 Å². The van der Waals surface area contributed by atoms with Crippen molar-refractivity contribution in [3.8, 4) is 11.5 Å². The van der Waals surface area contributed by atoms with Crippen LogP contribution in [0.1, 0.15) is 12.5 Å². The maximum absolute atomic E-state index is 12.9. The average molecular weight is 364 g/mol. The molecule has 0 atom stereocenters. The van der Waals surface area contributed by atoms with Gasteiger partial charge in [0.1, 0.15) is 10.7 Å². The summed E-state index contributed by atoms with van der Waals surface area (Å²) in [5.74, 6) is 1.16. The Labute approximate surface area is 143 Å². The largest absolute Gasteiger partial charge is 0.418 e. The maximum atomic E-state index is 12.9. The van der Waals surface area contributed by atoms with Crippen LogP contribution in [0.15, 0.2) is 35.6 Å². The molecular weight excluding hydrogens is 353 g/mol. The van der Waals surface area contributed by atoms with Crippen LogP contribution in [0.3, 0.4) is 0 Å². The van der Waals surface area contributed by atoms with Crippen LogP contribution in [-0.2, 0) is 6.18 Å². The number of H-pyrrole nitrogens is 1. The van der Waals surface area contributed by atoms with E-state index in [1.807, 2.05) is 13.0 Å². The van der Waals surface area contributed by atoms with Gasteiger partial charge in [-0.15, -0.1) is 11.8 Å². The molecule has 0 aliphatic rings. The molecule has 4 rings (SSSR count). The van der Waals surface area contributed by atoms with E-state index in [0.29, 0.717) is 27.9 Å². The summed E-state index contributed by atoms with van der Waals surface area (Å²) >= 11 is 1.43. The fourth-order valence-corrected chi connectivity index (χ4v) is 3.26. The van der Waals surface area contributed by atoms with Crippen LogP contribution in [0.25, 0.3) is 28.3 Å². The van der Waals surface area contributed by atoms with Crippen LogP contribution in [0, 0.1) is 0 Å². The van der Waals surface area contributed by atoms with Gasteiger partial charge < -0.3 is 4.98 Å². The number of halogens is 3. The lowest BCUT2D eigenvalue weighted by Crippen LogP contribution is -2.07. The molecule has 0 aliphatic heterocycles. The molecule has 10 heteroatoms. The van der Waals surface area contributed by atoms with Gasteiger partial charge in [-0.3, -0.25) is 0 Å². The second-order valence-corrected chi connectivity index (χ2v) is 6.42. The van der Waals surface area contributed by atoms with Crippen molar-refractivity contribution in [3.63, 3.8) is 0 Å². The van der Waals surface area contributed by atoms with Crippen molar-refractivity contribution in [1.82, 2.24) is 29.5 Å². The lowest BCUT2D eigenvalue weighted by atomic mass is 10.3. The lowest BCUT2D eigenvalue weighted by molar-refractivity contribution is -0.137. The molecule has 4 aromatic rings. The third-order valence-corrected chi connectivity index (χ3v) is 4.45. The molecule has 0 spiro atoms. The molecule has 0 saturated carbocycles. The van der Waals surface area contributed by atoms with E-state index in [-0.39, 0.29) is 5.65 Å². The highest BCUT2D eigenvalue weighted by atomic mass is 32.2. The molecule has 0 fully saturated rings. The van der Waals surface area contributed by atoms with E-state index in [1.165, 1.54) is 16.3 Å². The molecular formula is C15H11F3N6S. The van der Waals surface area contributed by atoms with Crippen LogP contribution in [0.2, 0.25) is 0 Å². The van der Waals surface area contributed by atoms with E-state index < -0.39 is 11.7 Å². The summed E-state index contributed by atoms with van der Waals surface area (Å²) in [5.41, 5.74) is 0.985. The number of thioether (sulfide) groups is 1. The molecule has 0 unspecified atom stereocenters. The highest BCUT2D eigenvalue weighted by molar-refractivity contribution is 7.99. The smallest absolute Gasteiger partial charge is 0.335 e. The number of hydrogen-bond donors (Lipinski definition) is 1. The summed E-state index contributed by atoms with van der Waals surface area (Å²) in [6.07, 6.45) is -2.05. The zero-order valence-electron chi connectivity index (χ0n) is 12.9. The normalized spacial score (nSPS) is 12.3. The van der Waals surface area contributed by atoms with Gasteiger partial charge in [0.25, 0.3) is 0 Å². The van der Waals surface area contributed by atoms with Crippen molar-refractivity contribution in [1.29, 1.82) is 0 Å². The second-order valence-electron chi connectivity index (χ2n) is 5.17. The number of imidazole rings is 2. The van der Waals surface area contributed by atoms with Crippen molar-refractivity contribution < 1.29 is 13.2 Å². The zero-order valence-corrected chi connectivity index (χ0v) is 13.7. The molecule has 6 nitrogen and oxygen atoms in total. The molecule has 0 aromatic carbocycles. The molecule has 0 bridgehead atoms. The number of hydrogen-bond acceptors (Lipinski definition) is 5. The van der Waals surface area contributed by atoms with Crippen molar-refractivity contribution >= 4 is 28.6 Å². The van der Waals surface area contributed by atoms with Crippen LogP contribution in [0.5, 0.6) is 0 Å². The quantitative estimate of drug-likeness (QED) is 0.560.